The Hall–Kier alpha value is -2.11. The van der Waals surface area contributed by atoms with Gasteiger partial charge in [-0.3, -0.25) is 9.78 Å². The maximum Gasteiger partial charge on any atom is 0.326 e. The quantitative estimate of drug-likeness (QED) is 0.795. The summed E-state index contributed by atoms with van der Waals surface area (Å²) < 4.78 is 0. The molecule has 0 saturated heterocycles. The predicted molar refractivity (Wildman–Crippen MR) is 76.8 cm³/mol. The molecule has 110 valence electrons. The van der Waals surface area contributed by atoms with E-state index >= 15 is 0 Å². The molecule has 1 rings (SSSR count). The van der Waals surface area contributed by atoms with Crippen molar-refractivity contribution in [3.63, 3.8) is 0 Å². The third-order valence-corrected chi connectivity index (χ3v) is 3.08. The zero-order chi connectivity index (χ0) is 15.1. The van der Waals surface area contributed by atoms with Gasteiger partial charge in [0.05, 0.1) is 0 Å². The first kappa shape index (κ1) is 15.9. The molecule has 0 aromatic carbocycles. The molecule has 20 heavy (non-hydrogen) atoms. The SMILES string of the molecule is CCC(Nc1ccnc(C(=O)N(CC)CC)c1)C(=O)O. The van der Waals surface area contributed by atoms with E-state index in [1.807, 2.05) is 13.8 Å². The van der Waals surface area contributed by atoms with Crippen molar-refractivity contribution in [2.45, 2.75) is 33.2 Å². The number of pyridine rings is 1. The third kappa shape index (κ3) is 3.94. The maximum absolute atomic E-state index is 12.2. The van der Waals surface area contributed by atoms with Gasteiger partial charge in [0.1, 0.15) is 11.7 Å². The van der Waals surface area contributed by atoms with Gasteiger partial charge >= 0.3 is 5.97 Å². The number of carboxylic acids is 1. The molecule has 0 aliphatic carbocycles. The van der Waals surface area contributed by atoms with Gasteiger partial charge in [-0.1, -0.05) is 6.92 Å². The second kappa shape index (κ2) is 7.47. The van der Waals surface area contributed by atoms with Crippen LogP contribution < -0.4 is 5.32 Å². The van der Waals surface area contributed by atoms with Gasteiger partial charge in [0.25, 0.3) is 5.91 Å². The van der Waals surface area contributed by atoms with E-state index in [2.05, 4.69) is 10.3 Å². The average molecular weight is 279 g/mol. The summed E-state index contributed by atoms with van der Waals surface area (Å²) in [6.07, 6.45) is 1.96. The highest BCUT2D eigenvalue weighted by Crippen LogP contribution is 2.12. The van der Waals surface area contributed by atoms with Crippen LogP contribution in [0, 0.1) is 0 Å². The molecule has 0 aliphatic rings. The van der Waals surface area contributed by atoms with E-state index in [0.717, 1.165) is 0 Å². The van der Waals surface area contributed by atoms with Crippen LogP contribution in [-0.4, -0.2) is 46.0 Å². The number of rotatable bonds is 7. The molecular formula is C14H21N3O3. The minimum atomic E-state index is -0.916. The predicted octanol–water partition coefficient (Wildman–Crippen LogP) is 1.84. The molecule has 0 fully saturated rings. The second-order valence-electron chi connectivity index (χ2n) is 4.35. The van der Waals surface area contributed by atoms with Crippen LogP contribution >= 0.6 is 0 Å². The summed E-state index contributed by atoms with van der Waals surface area (Å²) in [7, 11) is 0. The number of aliphatic carboxylic acids is 1. The summed E-state index contributed by atoms with van der Waals surface area (Å²) in [5, 5.41) is 11.9. The highest BCUT2D eigenvalue weighted by atomic mass is 16.4. The molecule has 1 atom stereocenters. The van der Waals surface area contributed by atoms with Crippen LogP contribution in [0.15, 0.2) is 18.3 Å². The van der Waals surface area contributed by atoms with Crippen LogP contribution in [0.25, 0.3) is 0 Å². The van der Waals surface area contributed by atoms with Gasteiger partial charge in [0.2, 0.25) is 0 Å². The molecule has 0 spiro atoms. The van der Waals surface area contributed by atoms with Gasteiger partial charge < -0.3 is 15.3 Å². The molecule has 1 heterocycles. The van der Waals surface area contributed by atoms with E-state index in [4.69, 9.17) is 5.11 Å². The number of nitrogens with zero attached hydrogens (tertiary/aromatic N) is 2. The number of nitrogens with one attached hydrogen (secondary N) is 1. The fourth-order valence-corrected chi connectivity index (χ4v) is 1.85. The second-order valence-corrected chi connectivity index (χ2v) is 4.35. The summed E-state index contributed by atoms with van der Waals surface area (Å²) in [4.78, 5) is 28.9. The lowest BCUT2D eigenvalue weighted by Crippen LogP contribution is -2.31. The normalized spacial score (nSPS) is 11.8. The van der Waals surface area contributed by atoms with E-state index in [1.165, 1.54) is 6.20 Å². The summed E-state index contributed by atoms with van der Waals surface area (Å²) in [5.41, 5.74) is 0.906. The molecule has 1 unspecified atom stereocenters. The van der Waals surface area contributed by atoms with Crippen molar-refractivity contribution in [1.29, 1.82) is 0 Å². The van der Waals surface area contributed by atoms with Gasteiger partial charge in [0, 0.05) is 25.0 Å². The van der Waals surface area contributed by atoms with Crippen LogP contribution in [0.1, 0.15) is 37.7 Å². The Kier molecular flexibility index (Phi) is 5.96. The maximum atomic E-state index is 12.2. The van der Waals surface area contributed by atoms with E-state index in [0.29, 0.717) is 30.9 Å². The van der Waals surface area contributed by atoms with Gasteiger partial charge in [-0.05, 0) is 32.4 Å². The van der Waals surface area contributed by atoms with Gasteiger partial charge in [-0.2, -0.15) is 0 Å². The van der Waals surface area contributed by atoms with Crippen molar-refractivity contribution in [1.82, 2.24) is 9.88 Å². The lowest BCUT2D eigenvalue weighted by Gasteiger charge is -2.19. The first-order valence-corrected chi connectivity index (χ1v) is 6.78. The van der Waals surface area contributed by atoms with Crippen LogP contribution in [0.5, 0.6) is 0 Å². The fraction of sp³-hybridized carbons (Fsp3) is 0.500. The Labute approximate surface area is 118 Å². The van der Waals surface area contributed by atoms with Gasteiger partial charge in [-0.15, -0.1) is 0 Å². The van der Waals surface area contributed by atoms with Crippen LogP contribution in [0.2, 0.25) is 0 Å². The summed E-state index contributed by atoms with van der Waals surface area (Å²) >= 11 is 0. The number of carboxylic acid groups (broad SMARTS) is 1. The van der Waals surface area contributed by atoms with E-state index in [1.54, 1.807) is 24.0 Å². The topological polar surface area (TPSA) is 82.5 Å². The first-order chi connectivity index (χ1) is 9.53. The Bertz CT molecular complexity index is 472. The molecule has 6 heteroatoms. The van der Waals surface area contributed by atoms with E-state index < -0.39 is 12.0 Å². The molecule has 1 aromatic rings. The van der Waals surface area contributed by atoms with Crippen molar-refractivity contribution in [2.75, 3.05) is 18.4 Å². The van der Waals surface area contributed by atoms with Crippen LogP contribution in [0.3, 0.4) is 0 Å². The molecule has 0 saturated carbocycles. The molecular weight excluding hydrogens is 258 g/mol. The molecule has 6 nitrogen and oxygen atoms in total. The zero-order valence-electron chi connectivity index (χ0n) is 12.1. The Morgan fingerprint density at radius 1 is 1.35 bits per heavy atom. The number of hydrogen-bond acceptors (Lipinski definition) is 4. The number of carbonyl (C=O) groups is 2. The van der Waals surface area contributed by atoms with Crippen molar-refractivity contribution >= 4 is 17.6 Å². The lowest BCUT2D eigenvalue weighted by atomic mass is 10.2. The standard InChI is InChI=1S/C14H21N3O3/c1-4-11(14(19)20)16-10-7-8-15-12(9-10)13(18)17(5-2)6-3/h7-9,11H,4-6H2,1-3H3,(H,15,16)(H,19,20). The molecule has 0 bridgehead atoms. The Morgan fingerprint density at radius 2 is 2.00 bits per heavy atom. The zero-order valence-corrected chi connectivity index (χ0v) is 12.1. The first-order valence-electron chi connectivity index (χ1n) is 6.78. The molecule has 0 aliphatic heterocycles. The van der Waals surface area contributed by atoms with Gasteiger partial charge in [-0.25, -0.2) is 4.79 Å². The van der Waals surface area contributed by atoms with E-state index in [-0.39, 0.29) is 5.91 Å². The Morgan fingerprint density at radius 3 is 2.50 bits per heavy atom. The molecule has 2 N–H and O–H groups in total. The van der Waals surface area contributed by atoms with Crippen molar-refractivity contribution in [2.24, 2.45) is 0 Å². The fourth-order valence-electron chi connectivity index (χ4n) is 1.85. The minimum absolute atomic E-state index is 0.151. The summed E-state index contributed by atoms with van der Waals surface area (Å²) in [5.74, 6) is -1.07. The number of amides is 1. The summed E-state index contributed by atoms with van der Waals surface area (Å²) in [6.45, 7) is 6.82. The minimum Gasteiger partial charge on any atom is -0.480 e. The number of carbonyl (C=O) groups excluding carboxylic acids is 1. The number of hydrogen-bond donors (Lipinski definition) is 2. The summed E-state index contributed by atoms with van der Waals surface area (Å²) in [6, 6.07) is 2.57. The number of anilines is 1. The van der Waals surface area contributed by atoms with Crippen LogP contribution in [-0.2, 0) is 4.79 Å². The van der Waals surface area contributed by atoms with Crippen LogP contribution in [0.4, 0.5) is 5.69 Å². The lowest BCUT2D eigenvalue weighted by molar-refractivity contribution is -0.137. The smallest absolute Gasteiger partial charge is 0.326 e. The molecule has 1 amide bonds. The van der Waals surface area contributed by atoms with Crippen molar-refractivity contribution in [3.8, 4) is 0 Å². The molecule has 0 radical (unpaired) electrons. The highest BCUT2D eigenvalue weighted by Gasteiger charge is 2.17. The number of aromatic nitrogens is 1. The average Bonchev–Trinajstić information content (AvgIpc) is 2.45. The van der Waals surface area contributed by atoms with E-state index in [9.17, 15) is 9.59 Å². The van der Waals surface area contributed by atoms with Crippen molar-refractivity contribution in [3.05, 3.63) is 24.0 Å². The monoisotopic (exact) mass is 279 g/mol. The largest absolute Gasteiger partial charge is 0.480 e. The van der Waals surface area contributed by atoms with Crippen molar-refractivity contribution < 1.29 is 14.7 Å². The Balaban J connectivity index is 2.90. The third-order valence-electron chi connectivity index (χ3n) is 3.08. The van der Waals surface area contributed by atoms with Gasteiger partial charge in [0.15, 0.2) is 0 Å². The highest BCUT2D eigenvalue weighted by molar-refractivity contribution is 5.93. The molecule has 1 aromatic heterocycles.